The maximum atomic E-state index is 13.9. The Morgan fingerprint density at radius 3 is 2.50 bits per heavy atom. The Morgan fingerprint density at radius 1 is 1.03 bits per heavy atom. The number of hydrogen-bond acceptors (Lipinski definition) is 4. The van der Waals surface area contributed by atoms with E-state index < -0.39 is 0 Å². The second-order valence-electron chi connectivity index (χ2n) is 8.71. The number of hydrogen-bond donors (Lipinski definition) is 2. The third kappa shape index (κ3) is 5.87. The van der Waals surface area contributed by atoms with Crippen LogP contribution in [-0.2, 0) is 11.2 Å². The van der Waals surface area contributed by atoms with Crippen molar-refractivity contribution in [2.75, 3.05) is 13.1 Å². The summed E-state index contributed by atoms with van der Waals surface area (Å²) in [5, 5.41) is 6.21. The number of aromatic nitrogens is 1. The first-order chi connectivity index (χ1) is 15.6. The zero-order valence-electron chi connectivity index (χ0n) is 18.3. The van der Waals surface area contributed by atoms with E-state index in [1.807, 2.05) is 4.90 Å². The number of rotatable bonds is 6. The second-order valence-corrected chi connectivity index (χ2v) is 8.71. The van der Waals surface area contributed by atoms with E-state index in [9.17, 15) is 14.0 Å². The smallest absolute Gasteiger partial charge is 0.317 e. The molecule has 3 amide bonds. The molecular weight excluding hydrogens is 411 g/mol. The summed E-state index contributed by atoms with van der Waals surface area (Å²) in [4.78, 5) is 30.8. The summed E-state index contributed by atoms with van der Waals surface area (Å²) in [5.74, 6) is 0.331. The molecule has 0 bridgehead atoms. The quantitative estimate of drug-likeness (QED) is 0.707. The Balaban J connectivity index is 1.17. The van der Waals surface area contributed by atoms with Crippen LogP contribution < -0.4 is 10.6 Å². The zero-order valence-corrected chi connectivity index (χ0v) is 18.3. The van der Waals surface area contributed by atoms with Crippen LogP contribution in [0.4, 0.5) is 9.18 Å². The summed E-state index contributed by atoms with van der Waals surface area (Å²) in [6.45, 7) is 1.30. The first kappa shape index (κ1) is 22.3. The van der Waals surface area contributed by atoms with Gasteiger partial charge in [0.2, 0.25) is 5.91 Å². The van der Waals surface area contributed by atoms with Crippen LogP contribution in [-0.4, -0.2) is 47.0 Å². The molecule has 1 aromatic heterocycles. The SMILES string of the molecule is O=C(CCc1ncc(-c2ccccc2F)o1)NC1CCN(C(=O)NC2CCCCC2)CC1. The molecule has 1 aliphatic heterocycles. The summed E-state index contributed by atoms with van der Waals surface area (Å²) in [6, 6.07) is 6.76. The number of carbonyl (C=O) groups excluding carboxylic acids is 2. The molecule has 0 radical (unpaired) electrons. The highest BCUT2D eigenvalue weighted by Crippen LogP contribution is 2.23. The number of benzene rings is 1. The van der Waals surface area contributed by atoms with Crippen molar-refractivity contribution < 1.29 is 18.4 Å². The van der Waals surface area contributed by atoms with Crippen molar-refractivity contribution in [2.45, 2.75) is 69.9 Å². The third-order valence-corrected chi connectivity index (χ3v) is 6.34. The Bertz CT molecular complexity index is 917. The van der Waals surface area contributed by atoms with Crippen LogP contribution >= 0.6 is 0 Å². The van der Waals surface area contributed by atoms with Crippen LogP contribution in [0, 0.1) is 5.82 Å². The molecule has 1 saturated carbocycles. The van der Waals surface area contributed by atoms with Crippen molar-refractivity contribution in [1.29, 1.82) is 0 Å². The molecule has 172 valence electrons. The minimum atomic E-state index is -0.369. The highest BCUT2D eigenvalue weighted by atomic mass is 19.1. The maximum Gasteiger partial charge on any atom is 0.317 e. The van der Waals surface area contributed by atoms with Crippen LogP contribution in [0.15, 0.2) is 34.9 Å². The number of nitrogens with zero attached hydrogens (tertiary/aromatic N) is 2. The molecule has 0 spiro atoms. The molecule has 2 fully saturated rings. The van der Waals surface area contributed by atoms with Crippen LogP contribution in [0.1, 0.15) is 57.3 Å². The molecule has 1 aromatic carbocycles. The molecule has 7 nitrogen and oxygen atoms in total. The van der Waals surface area contributed by atoms with Gasteiger partial charge in [0.25, 0.3) is 0 Å². The number of halogens is 1. The summed E-state index contributed by atoms with van der Waals surface area (Å²) >= 11 is 0. The van der Waals surface area contributed by atoms with Gasteiger partial charge in [0.15, 0.2) is 11.7 Å². The molecule has 0 atom stereocenters. The summed E-state index contributed by atoms with van der Waals surface area (Å²) in [7, 11) is 0. The third-order valence-electron chi connectivity index (χ3n) is 6.34. The first-order valence-corrected chi connectivity index (χ1v) is 11.6. The summed E-state index contributed by atoms with van der Waals surface area (Å²) < 4.78 is 19.5. The number of urea groups is 1. The van der Waals surface area contributed by atoms with Gasteiger partial charge in [0.1, 0.15) is 5.82 Å². The van der Waals surface area contributed by atoms with Gasteiger partial charge in [-0.3, -0.25) is 4.79 Å². The maximum absolute atomic E-state index is 13.9. The molecule has 2 N–H and O–H groups in total. The van der Waals surface area contributed by atoms with Crippen LogP contribution in [0.3, 0.4) is 0 Å². The first-order valence-electron chi connectivity index (χ1n) is 11.6. The number of nitrogens with one attached hydrogen (secondary N) is 2. The average Bonchev–Trinajstić information content (AvgIpc) is 3.28. The topological polar surface area (TPSA) is 87.5 Å². The lowest BCUT2D eigenvalue weighted by Gasteiger charge is -2.34. The zero-order chi connectivity index (χ0) is 22.3. The van der Waals surface area contributed by atoms with Gasteiger partial charge >= 0.3 is 6.03 Å². The van der Waals surface area contributed by atoms with Crippen LogP contribution in [0.2, 0.25) is 0 Å². The molecule has 1 saturated heterocycles. The molecule has 2 aromatic rings. The minimum Gasteiger partial charge on any atom is -0.441 e. The van der Waals surface area contributed by atoms with Gasteiger partial charge in [0.05, 0.1) is 11.8 Å². The van der Waals surface area contributed by atoms with Gasteiger partial charge in [-0.05, 0) is 37.8 Å². The van der Waals surface area contributed by atoms with E-state index in [2.05, 4.69) is 15.6 Å². The molecule has 4 rings (SSSR count). The Labute approximate surface area is 187 Å². The van der Waals surface area contributed by atoms with Crippen molar-refractivity contribution in [1.82, 2.24) is 20.5 Å². The number of likely N-dealkylation sites (tertiary alicyclic amines) is 1. The van der Waals surface area contributed by atoms with Crippen LogP contribution in [0.25, 0.3) is 11.3 Å². The second kappa shape index (κ2) is 10.6. The van der Waals surface area contributed by atoms with Gasteiger partial charge in [-0.2, -0.15) is 0 Å². The fourth-order valence-electron chi connectivity index (χ4n) is 4.47. The van der Waals surface area contributed by atoms with Crippen LogP contribution in [0.5, 0.6) is 0 Å². The van der Waals surface area contributed by atoms with E-state index in [0.29, 0.717) is 42.8 Å². The highest BCUT2D eigenvalue weighted by Gasteiger charge is 2.25. The van der Waals surface area contributed by atoms with Gasteiger partial charge < -0.3 is 20.0 Å². The molecule has 0 unspecified atom stereocenters. The molecule has 1 aliphatic carbocycles. The lowest BCUT2D eigenvalue weighted by atomic mass is 9.95. The van der Waals surface area contributed by atoms with Crippen molar-refractivity contribution in [3.63, 3.8) is 0 Å². The number of aryl methyl sites for hydroxylation is 1. The molecule has 2 aliphatic rings. The predicted octanol–water partition coefficient (Wildman–Crippen LogP) is 4.04. The molecular formula is C24H31FN4O3. The Kier molecular flexibility index (Phi) is 7.39. The monoisotopic (exact) mass is 442 g/mol. The van der Waals surface area contributed by atoms with E-state index in [1.54, 1.807) is 18.2 Å². The predicted molar refractivity (Wildman–Crippen MR) is 118 cm³/mol. The standard InChI is InChI=1S/C24H31FN4O3/c25-20-9-5-4-8-19(20)21-16-26-23(32-21)11-10-22(30)27-18-12-14-29(15-13-18)24(31)28-17-6-2-1-3-7-17/h4-5,8-9,16-18H,1-3,6-7,10-15H2,(H,27,30)(H,28,31). The van der Waals surface area contributed by atoms with Crippen molar-refractivity contribution in [3.05, 3.63) is 42.2 Å². The van der Waals surface area contributed by atoms with E-state index in [1.165, 1.54) is 31.5 Å². The van der Waals surface area contributed by atoms with E-state index in [4.69, 9.17) is 4.42 Å². The number of oxazole rings is 1. The van der Waals surface area contributed by atoms with E-state index >= 15 is 0 Å². The van der Waals surface area contributed by atoms with Gasteiger partial charge in [-0.25, -0.2) is 14.2 Å². The fourth-order valence-corrected chi connectivity index (χ4v) is 4.47. The Hall–Kier alpha value is -2.90. The molecule has 2 heterocycles. The van der Waals surface area contributed by atoms with Gasteiger partial charge in [-0.15, -0.1) is 0 Å². The number of carbonyl (C=O) groups is 2. The lowest BCUT2D eigenvalue weighted by molar-refractivity contribution is -0.122. The van der Waals surface area contributed by atoms with Crippen molar-refractivity contribution in [3.8, 4) is 11.3 Å². The normalized spacial score (nSPS) is 17.8. The Morgan fingerprint density at radius 2 is 1.75 bits per heavy atom. The van der Waals surface area contributed by atoms with Gasteiger partial charge in [-0.1, -0.05) is 31.4 Å². The molecule has 8 heteroatoms. The average molecular weight is 443 g/mol. The van der Waals surface area contributed by atoms with E-state index in [-0.39, 0.29) is 30.2 Å². The summed E-state index contributed by atoms with van der Waals surface area (Å²) in [5.41, 5.74) is 0.356. The number of amides is 3. The van der Waals surface area contributed by atoms with E-state index in [0.717, 1.165) is 25.7 Å². The number of piperidine rings is 1. The molecule has 32 heavy (non-hydrogen) atoms. The lowest BCUT2D eigenvalue weighted by Crippen LogP contribution is -2.51. The fraction of sp³-hybridized carbons (Fsp3) is 0.542. The highest BCUT2D eigenvalue weighted by molar-refractivity contribution is 5.77. The summed E-state index contributed by atoms with van der Waals surface area (Å²) in [6.07, 6.45) is 9.38. The van der Waals surface area contributed by atoms with Crippen molar-refractivity contribution >= 4 is 11.9 Å². The van der Waals surface area contributed by atoms with Gasteiger partial charge in [0, 0.05) is 38.0 Å². The van der Waals surface area contributed by atoms with Crippen molar-refractivity contribution in [2.24, 2.45) is 0 Å². The minimum absolute atomic E-state index is 0.0243. The largest absolute Gasteiger partial charge is 0.441 e.